The number of halogens is 2. The number of benzene rings is 1. The number of hydrogen-bond donors (Lipinski definition) is 1. The molecule has 0 saturated carbocycles. The van der Waals surface area contributed by atoms with Crippen LogP contribution in [0.2, 0.25) is 10.0 Å². The second-order valence-corrected chi connectivity index (χ2v) is 9.58. The summed E-state index contributed by atoms with van der Waals surface area (Å²) in [7, 11) is 0. The van der Waals surface area contributed by atoms with Crippen molar-refractivity contribution in [2.45, 2.75) is 25.1 Å². The second kappa shape index (κ2) is 11.2. The molecule has 1 unspecified atom stereocenters. The quantitative estimate of drug-likeness (QED) is 0.423. The zero-order chi connectivity index (χ0) is 22.3. The van der Waals surface area contributed by atoms with Gasteiger partial charge in [-0.05, 0) is 49.7 Å². The Labute approximate surface area is 200 Å². The number of furan rings is 1. The van der Waals surface area contributed by atoms with Crippen LogP contribution < -0.4 is 5.32 Å². The summed E-state index contributed by atoms with van der Waals surface area (Å²) < 4.78 is 10.7. The first-order valence-corrected chi connectivity index (χ1v) is 12.4. The van der Waals surface area contributed by atoms with Gasteiger partial charge in [0.1, 0.15) is 5.76 Å². The second-order valence-electron chi connectivity index (χ2n) is 7.63. The molecule has 1 saturated heterocycles. The summed E-state index contributed by atoms with van der Waals surface area (Å²) in [4.78, 5) is 19.2. The maximum Gasteiger partial charge on any atom is 0.241 e. The highest BCUT2D eigenvalue weighted by Crippen LogP contribution is 2.28. The van der Waals surface area contributed by atoms with E-state index in [4.69, 9.17) is 32.1 Å². The fourth-order valence-corrected chi connectivity index (χ4v) is 4.91. The van der Waals surface area contributed by atoms with Gasteiger partial charge in [-0.15, -0.1) is 0 Å². The molecule has 1 N–H and O–H groups in total. The first-order valence-electron chi connectivity index (χ1n) is 10.5. The summed E-state index contributed by atoms with van der Waals surface area (Å²) in [6, 6.07) is 9.00. The Bertz CT molecular complexity index is 1030. The lowest BCUT2D eigenvalue weighted by Gasteiger charge is -2.30. The minimum atomic E-state index is -0.0353. The lowest BCUT2D eigenvalue weighted by atomic mass is 9.97. The molecule has 10 heteroatoms. The number of rotatable bonds is 9. The summed E-state index contributed by atoms with van der Waals surface area (Å²) in [5.74, 6) is 3.61. The van der Waals surface area contributed by atoms with E-state index >= 15 is 0 Å². The summed E-state index contributed by atoms with van der Waals surface area (Å²) >= 11 is 13.9. The van der Waals surface area contributed by atoms with E-state index in [0.29, 0.717) is 47.0 Å². The number of hydrogen-bond acceptors (Lipinski definition) is 7. The average molecular weight is 495 g/mol. The third-order valence-corrected chi connectivity index (χ3v) is 6.77. The Morgan fingerprint density at radius 2 is 2.22 bits per heavy atom. The van der Waals surface area contributed by atoms with E-state index in [1.807, 2.05) is 12.1 Å². The lowest BCUT2D eigenvalue weighted by Crippen LogP contribution is -2.43. The summed E-state index contributed by atoms with van der Waals surface area (Å²) in [5.41, 5.74) is 0.673. The van der Waals surface area contributed by atoms with Crippen LogP contribution in [-0.2, 0) is 17.1 Å². The van der Waals surface area contributed by atoms with Gasteiger partial charge in [-0.2, -0.15) is 16.7 Å². The van der Waals surface area contributed by atoms with Crippen LogP contribution >= 0.6 is 35.0 Å². The van der Waals surface area contributed by atoms with Gasteiger partial charge in [0, 0.05) is 29.4 Å². The molecule has 32 heavy (non-hydrogen) atoms. The van der Waals surface area contributed by atoms with Crippen molar-refractivity contribution in [1.82, 2.24) is 20.4 Å². The molecule has 7 nitrogen and oxygen atoms in total. The molecule has 170 valence electrons. The largest absolute Gasteiger partial charge is 0.468 e. The molecule has 1 fully saturated rings. The van der Waals surface area contributed by atoms with Gasteiger partial charge in [0.2, 0.25) is 17.6 Å². The zero-order valence-corrected chi connectivity index (χ0v) is 19.8. The molecule has 4 rings (SSSR count). The Morgan fingerprint density at radius 1 is 1.31 bits per heavy atom. The Kier molecular flexibility index (Phi) is 8.13. The Hall–Kier alpha value is -2.00. The van der Waals surface area contributed by atoms with Crippen LogP contribution in [0.15, 0.2) is 45.5 Å². The first kappa shape index (κ1) is 23.2. The summed E-state index contributed by atoms with van der Waals surface area (Å²) in [6.07, 6.45) is 3.51. The molecule has 3 heterocycles. The lowest BCUT2D eigenvalue weighted by molar-refractivity contribution is -0.126. The van der Waals surface area contributed by atoms with Crippen molar-refractivity contribution in [2.24, 2.45) is 5.92 Å². The van der Waals surface area contributed by atoms with E-state index in [0.717, 1.165) is 36.7 Å². The number of piperidine rings is 1. The van der Waals surface area contributed by atoms with Crippen LogP contribution in [0.5, 0.6) is 0 Å². The van der Waals surface area contributed by atoms with Crippen LogP contribution in [0.25, 0.3) is 11.4 Å². The molecule has 1 atom stereocenters. The van der Waals surface area contributed by atoms with Gasteiger partial charge < -0.3 is 14.3 Å². The highest BCUT2D eigenvalue weighted by Gasteiger charge is 2.26. The molecule has 1 aliphatic rings. The monoisotopic (exact) mass is 494 g/mol. The molecule has 0 aliphatic carbocycles. The maximum absolute atomic E-state index is 12.6. The molecule has 0 radical (unpaired) electrons. The van der Waals surface area contributed by atoms with Gasteiger partial charge in [0.05, 0.1) is 29.5 Å². The maximum atomic E-state index is 12.6. The minimum absolute atomic E-state index is 0.0353. The third kappa shape index (κ3) is 6.28. The van der Waals surface area contributed by atoms with Crippen LogP contribution in [0.4, 0.5) is 0 Å². The van der Waals surface area contributed by atoms with Gasteiger partial charge in [-0.25, -0.2) is 0 Å². The first-order chi connectivity index (χ1) is 15.6. The van der Waals surface area contributed by atoms with E-state index in [9.17, 15) is 4.79 Å². The number of nitrogens with one attached hydrogen (secondary N) is 1. The highest BCUT2D eigenvalue weighted by atomic mass is 35.5. The summed E-state index contributed by atoms with van der Waals surface area (Å²) in [6.45, 7) is 2.71. The summed E-state index contributed by atoms with van der Waals surface area (Å²) in [5, 5.41) is 8.13. The highest BCUT2D eigenvalue weighted by molar-refractivity contribution is 7.98. The number of amides is 1. The van der Waals surface area contributed by atoms with Crippen molar-refractivity contribution in [3.63, 3.8) is 0 Å². The van der Waals surface area contributed by atoms with Crippen LogP contribution in [0, 0.1) is 5.92 Å². The molecular weight excluding hydrogens is 471 g/mol. The van der Waals surface area contributed by atoms with E-state index < -0.39 is 0 Å². The Balaban J connectivity index is 1.23. The van der Waals surface area contributed by atoms with Crippen LogP contribution in [0.1, 0.15) is 24.5 Å². The van der Waals surface area contributed by atoms with E-state index in [-0.39, 0.29) is 11.8 Å². The number of carbonyl (C=O) groups excluding carboxylic acids is 1. The molecule has 0 spiro atoms. The molecule has 1 aromatic carbocycles. The number of carbonyl (C=O) groups is 1. The van der Waals surface area contributed by atoms with E-state index in [1.165, 1.54) is 0 Å². The van der Waals surface area contributed by atoms with Gasteiger partial charge in [-0.3, -0.25) is 9.69 Å². The number of likely N-dealkylation sites (tertiary alicyclic amines) is 1. The van der Waals surface area contributed by atoms with Crippen molar-refractivity contribution in [2.75, 3.05) is 25.4 Å². The zero-order valence-electron chi connectivity index (χ0n) is 17.4. The SMILES string of the molecule is O=C(NCCSCc1ccco1)C1CCCN(Cc2nc(-c3ccc(Cl)cc3Cl)no2)C1. The standard InChI is InChI=1S/C22H24Cl2N4O3S/c23-16-5-6-18(19(24)11-16)21-26-20(31-27-21)13-28-8-1-3-15(12-28)22(29)25-7-10-32-14-17-4-2-9-30-17/h2,4-6,9,11,15H,1,3,7-8,10,12-14H2,(H,25,29). The van der Waals surface area contributed by atoms with Gasteiger partial charge in [-0.1, -0.05) is 28.4 Å². The normalized spacial score (nSPS) is 16.9. The predicted molar refractivity (Wildman–Crippen MR) is 126 cm³/mol. The van der Waals surface area contributed by atoms with Crippen molar-refractivity contribution >= 4 is 40.9 Å². The topological polar surface area (TPSA) is 84.4 Å². The molecule has 1 aliphatic heterocycles. The van der Waals surface area contributed by atoms with Crippen molar-refractivity contribution in [3.05, 3.63) is 58.3 Å². The number of nitrogens with zero attached hydrogens (tertiary/aromatic N) is 3. The van der Waals surface area contributed by atoms with E-state index in [1.54, 1.807) is 36.2 Å². The number of thioether (sulfide) groups is 1. The smallest absolute Gasteiger partial charge is 0.241 e. The van der Waals surface area contributed by atoms with Gasteiger partial charge >= 0.3 is 0 Å². The van der Waals surface area contributed by atoms with Crippen LogP contribution in [-0.4, -0.2) is 46.3 Å². The Morgan fingerprint density at radius 3 is 3.03 bits per heavy atom. The predicted octanol–water partition coefficient (Wildman–Crippen LogP) is 4.90. The molecular formula is C22H24Cl2N4O3S. The van der Waals surface area contributed by atoms with Crippen molar-refractivity contribution in [3.8, 4) is 11.4 Å². The fraction of sp³-hybridized carbons (Fsp3) is 0.409. The minimum Gasteiger partial charge on any atom is -0.468 e. The van der Waals surface area contributed by atoms with Gasteiger partial charge in [0.25, 0.3) is 0 Å². The molecule has 2 aromatic heterocycles. The number of aromatic nitrogens is 2. The molecule has 3 aromatic rings. The van der Waals surface area contributed by atoms with E-state index in [2.05, 4.69) is 20.4 Å². The average Bonchev–Trinajstić information content (AvgIpc) is 3.46. The molecule has 0 bridgehead atoms. The van der Waals surface area contributed by atoms with Gasteiger partial charge in [0.15, 0.2) is 0 Å². The van der Waals surface area contributed by atoms with Crippen molar-refractivity contribution in [1.29, 1.82) is 0 Å². The fourth-order valence-electron chi connectivity index (χ4n) is 3.66. The molecule has 1 amide bonds. The van der Waals surface area contributed by atoms with Crippen LogP contribution in [0.3, 0.4) is 0 Å². The third-order valence-electron chi connectivity index (χ3n) is 5.25. The van der Waals surface area contributed by atoms with Crippen molar-refractivity contribution < 1.29 is 13.7 Å².